The smallest absolute Gasteiger partial charge is 0.308 e. The van der Waals surface area contributed by atoms with Crippen LogP contribution in [-0.2, 0) is 9.59 Å². The number of rotatable bonds is 3. The predicted octanol–water partition coefficient (Wildman–Crippen LogP) is 1.34. The van der Waals surface area contributed by atoms with Crippen molar-refractivity contribution in [1.82, 2.24) is 0 Å². The van der Waals surface area contributed by atoms with E-state index < -0.39 is 16.8 Å². The van der Waals surface area contributed by atoms with Gasteiger partial charge in [0.1, 0.15) is 0 Å². The molecule has 0 bridgehead atoms. The minimum atomic E-state index is -1.03. The van der Waals surface area contributed by atoms with Crippen molar-refractivity contribution in [3.05, 3.63) is 33.9 Å². The number of aliphatic carboxylic acids is 1. The lowest BCUT2D eigenvalue weighted by molar-refractivity contribution is -0.385. The fraction of sp³-hybridized carbons (Fsp3) is 0.333. The zero-order valence-electron chi connectivity index (χ0n) is 10.2. The third-order valence-electron chi connectivity index (χ3n) is 3.18. The van der Waals surface area contributed by atoms with Crippen molar-refractivity contribution in [3.63, 3.8) is 0 Å². The van der Waals surface area contributed by atoms with Crippen molar-refractivity contribution < 1.29 is 19.6 Å². The van der Waals surface area contributed by atoms with Crippen LogP contribution in [0.4, 0.5) is 11.4 Å². The van der Waals surface area contributed by atoms with Crippen molar-refractivity contribution >= 4 is 23.3 Å². The monoisotopic (exact) mass is 264 g/mol. The second kappa shape index (κ2) is 4.68. The first-order valence-corrected chi connectivity index (χ1v) is 5.68. The number of hydrogen-bond acceptors (Lipinski definition) is 4. The van der Waals surface area contributed by atoms with Gasteiger partial charge in [0.25, 0.3) is 5.69 Å². The van der Waals surface area contributed by atoms with Gasteiger partial charge in [-0.15, -0.1) is 0 Å². The van der Waals surface area contributed by atoms with E-state index in [1.54, 1.807) is 19.1 Å². The predicted molar refractivity (Wildman–Crippen MR) is 65.9 cm³/mol. The molecule has 0 aromatic heterocycles. The number of carboxylic acid groups (broad SMARTS) is 1. The number of nitrogens with zero attached hydrogens (tertiary/aromatic N) is 2. The Morgan fingerprint density at radius 1 is 1.53 bits per heavy atom. The molecular weight excluding hydrogens is 252 g/mol. The number of anilines is 1. The summed E-state index contributed by atoms with van der Waals surface area (Å²) in [5.41, 5.74) is 0.783. The van der Waals surface area contributed by atoms with E-state index in [2.05, 4.69) is 0 Å². The summed E-state index contributed by atoms with van der Waals surface area (Å²) in [4.78, 5) is 34.2. The second-order valence-electron chi connectivity index (χ2n) is 4.47. The summed E-state index contributed by atoms with van der Waals surface area (Å²) in [6.07, 6.45) is -0.0724. The molecule has 0 aliphatic carbocycles. The van der Waals surface area contributed by atoms with E-state index in [-0.39, 0.29) is 24.6 Å². The van der Waals surface area contributed by atoms with Crippen LogP contribution < -0.4 is 4.90 Å². The second-order valence-corrected chi connectivity index (χ2v) is 4.47. The summed E-state index contributed by atoms with van der Waals surface area (Å²) in [6.45, 7) is 1.65. The van der Waals surface area contributed by atoms with Crippen LogP contribution in [0, 0.1) is 23.0 Å². The zero-order valence-corrected chi connectivity index (χ0v) is 10.2. The van der Waals surface area contributed by atoms with Crippen LogP contribution >= 0.6 is 0 Å². The Labute approximate surface area is 108 Å². The molecule has 1 aliphatic rings. The molecule has 1 heterocycles. The Hall–Kier alpha value is -2.44. The van der Waals surface area contributed by atoms with Gasteiger partial charge in [-0.05, 0) is 13.0 Å². The Kier molecular flexibility index (Phi) is 3.20. The number of carboxylic acids is 1. The number of benzene rings is 1. The molecule has 0 spiro atoms. The maximum atomic E-state index is 11.7. The minimum absolute atomic E-state index is 0.0500. The van der Waals surface area contributed by atoms with Crippen molar-refractivity contribution in [2.45, 2.75) is 13.3 Å². The Morgan fingerprint density at radius 2 is 2.21 bits per heavy atom. The van der Waals surface area contributed by atoms with Gasteiger partial charge in [-0.1, -0.05) is 6.07 Å². The average Bonchev–Trinajstić information content (AvgIpc) is 2.72. The van der Waals surface area contributed by atoms with E-state index in [4.69, 9.17) is 5.11 Å². The number of nitro groups is 1. The summed E-state index contributed by atoms with van der Waals surface area (Å²) in [5, 5.41) is 19.7. The quantitative estimate of drug-likeness (QED) is 0.655. The van der Waals surface area contributed by atoms with Crippen molar-refractivity contribution in [2.75, 3.05) is 11.4 Å². The van der Waals surface area contributed by atoms with E-state index in [0.29, 0.717) is 11.3 Å². The summed E-state index contributed by atoms with van der Waals surface area (Å²) in [6, 6.07) is 4.44. The van der Waals surface area contributed by atoms with E-state index in [1.165, 1.54) is 11.0 Å². The first-order chi connectivity index (χ1) is 8.90. The molecule has 1 aliphatic heterocycles. The minimum Gasteiger partial charge on any atom is -0.481 e. The molecule has 100 valence electrons. The van der Waals surface area contributed by atoms with Gasteiger partial charge in [0.15, 0.2) is 0 Å². The summed E-state index contributed by atoms with van der Waals surface area (Å²) < 4.78 is 0. The van der Waals surface area contributed by atoms with Gasteiger partial charge in [0.05, 0.1) is 16.5 Å². The molecule has 1 aromatic carbocycles. The molecule has 1 atom stereocenters. The van der Waals surface area contributed by atoms with Gasteiger partial charge in [0.2, 0.25) is 5.91 Å². The molecular formula is C12H12N2O5. The molecule has 1 amide bonds. The number of hydrogen-bond donors (Lipinski definition) is 1. The molecule has 0 radical (unpaired) electrons. The zero-order chi connectivity index (χ0) is 14.2. The van der Waals surface area contributed by atoms with Gasteiger partial charge in [-0.25, -0.2) is 0 Å². The van der Waals surface area contributed by atoms with Gasteiger partial charge in [-0.2, -0.15) is 0 Å². The highest BCUT2D eigenvalue weighted by molar-refractivity contribution is 5.99. The molecule has 1 aromatic rings. The molecule has 7 heteroatoms. The SMILES string of the molecule is Cc1ccc(N2C[C@@H](C(=O)O)CC2=O)cc1[N+](=O)[O-]. The standard InChI is InChI=1S/C12H12N2O5/c1-7-2-3-9(5-10(7)14(18)19)13-6-8(12(16)17)4-11(13)15/h2-3,5,8H,4,6H2,1H3,(H,16,17)/t8-/m0/s1. The first-order valence-electron chi connectivity index (χ1n) is 5.68. The molecule has 2 rings (SSSR count). The molecule has 1 N–H and O–H groups in total. The first kappa shape index (κ1) is 13.0. The molecule has 19 heavy (non-hydrogen) atoms. The highest BCUT2D eigenvalue weighted by Crippen LogP contribution is 2.29. The number of carbonyl (C=O) groups is 2. The average molecular weight is 264 g/mol. The summed E-state index contributed by atoms with van der Waals surface area (Å²) in [5.74, 6) is -2.11. The van der Waals surface area contributed by atoms with Crippen LogP contribution in [-0.4, -0.2) is 28.5 Å². The molecule has 0 saturated carbocycles. The van der Waals surface area contributed by atoms with Crippen LogP contribution in [0.25, 0.3) is 0 Å². The summed E-state index contributed by atoms with van der Waals surface area (Å²) in [7, 11) is 0. The number of aryl methyl sites for hydroxylation is 1. The number of nitro benzene ring substituents is 1. The molecule has 0 unspecified atom stereocenters. The van der Waals surface area contributed by atoms with E-state index in [0.717, 1.165) is 0 Å². The third kappa shape index (κ3) is 2.40. The van der Waals surface area contributed by atoms with Crippen LogP contribution in [0.1, 0.15) is 12.0 Å². The van der Waals surface area contributed by atoms with Gasteiger partial charge < -0.3 is 10.0 Å². The molecule has 7 nitrogen and oxygen atoms in total. The van der Waals surface area contributed by atoms with E-state index in [9.17, 15) is 19.7 Å². The van der Waals surface area contributed by atoms with Crippen LogP contribution in [0.15, 0.2) is 18.2 Å². The van der Waals surface area contributed by atoms with Gasteiger partial charge >= 0.3 is 5.97 Å². The number of amides is 1. The Bertz CT molecular complexity index is 569. The summed E-state index contributed by atoms with van der Waals surface area (Å²) >= 11 is 0. The lowest BCUT2D eigenvalue weighted by Gasteiger charge is -2.16. The fourth-order valence-corrected chi connectivity index (χ4v) is 2.08. The maximum absolute atomic E-state index is 11.7. The highest BCUT2D eigenvalue weighted by Gasteiger charge is 2.35. The normalized spacial score (nSPS) is 18.7. The fourth-order valence-electron chi connectivity index (χ4n) is 2.08. The van der Waals surface area contributed by atoms with Crippen molar-refractivity contribution in [3.8, 4) is 0 Å². The van der Waals surface area contributed by atoms with Gasteiger partial charge in [-0.3, -0.25) is 19.7 Å². The molecule has 1 saturated heterocycles. The lowest BCUT2D eigenvalue weighted by atomic mass is 10.1. The molecule has 1 fully saturated rings. The lowest BCUT2D eigenvalue weighted by Crippen LogP contribution is -2.25. The third-order valence-corrected chi connectivity index (χ3v) is 3.18. The van der Waals surface area contributed by atoms with E-state index >= 15 is 0 Å². The van der Waals surface area contributed by atoms with Crippen LogP contribution in [0.5, 0.6) is 0 Å². The van der Waals surface area contributed by atoms with E-state index in [1.807, 2.05) is 0 Å². The van der Waals surface area contributed by atoms with Crippen LogP contribution in [0.3, 0.4) is 0 Å². The Balaban J connectivity index is 2.33. The topological polar surface area (TPSA) is 101 Å². The van der Waals surface area contributed by atoms with Crippen LogP contribution in [0.2, 0.25) is 0 Å². The van der Waals surface area contributed by atoms with Gasteiger partial charge in [0, 0.05) is 24.6 Å². The largest absolute Gasteiger partial charge is 0.481 e. The van der Waals surface area contributed by atoms with Crippen molar-refractivity contribution in [1.29, 1.82) is 0 Å². The van der Waals surface area contributed by atoms with Crippen molar-refractivity contribution in [2.24, 2.45) is 5.92 Å². The highest BCUT2D eigenvalue weighted by atomic mass is 16.6. The number of carbonyl (C=O) groups excluding carboxylic acids is 1. The maximum Gasteiger partial charge on any atom is 0.308 e. The Morgan fingerprint density at radius 3 is 2.74 bits per heavy atom.